The maximum Gasteiger partial charge on any atom is 0.489 e. The lowest BCUT2D eigenvalue weighted by atomic mass is 9.77. The van der Waals surface area contributed by atoms with Gasteiger partial charge in [-0.25, -0.2) is 0 Å². The second kappa shape index (κ2) is 5.48. The summed E-state index contributed by atoms with van der Waals surface area (Å²) in [5, 5.41) is 20.9. The van der Waals surface area contributed by atoms with E-state index in [1.54, 1.807) is 6.07 Å². The molecule has 0 radical (unpaired) electrons. The molecular weight excluding hydrogens is 279 g/mol. The Morgan fingerprint density at radius 1 is 0.952 bits per heavy atom. The SMILES string of the molecule is CC(C)(C)[Si](C)(C)Oc1ccc(B(O)O)c2ccccc12. The molecule has 0 bridgehead atoms. The first-order chi connectivity index (χ1) is 9.63. The Morgan fingerprint density at radius 2 is 1.52 bits per heavy atom. The Labute approximate surface area is 127 Å². The fourth-order valence-electron chi connectivity index (χ4n) is 2.04. The zero-order valence-corrected chi connectivity index (χ0v) is 14.3. The van der Waals surface area contributed by atoms with Gasteiger partial charge in [0.05, 0.1) is 0 Å². The summed E-state index contributed by atoms with van der Waals surface area (Å²) in [4.78, 5) is 0. The van der Waals surface area contributed by atoms with E-state index in [1.165, 1.54) is 0 Å². The van der Waals surface area contributed by atoms with Gasteiger partial charge in [0.15, 0.2) is 0 Å². The molecule has 2 aromatic rings. The number of fused-ring (bicyclic) bond motifs is 1. The Hall–Kier alpha value is -1.30. The molecule has 0 aliphatic rings. The van der Waals surface area contributed by atoms with Crippen molar-refractivity contribution < 1.29 is 14.5 Å². The summed E-state index contributed by atoms with van der Waals surface area (Å²) in [5.41, 5.74) is 0.508. The van der Waals surface area contributed by atoms with Gasteiger partial charge < -0.3 is 14.5 Å². The van der Waals surface area contributed by atoms with Gasteiger partial charge in [-0.2, -0.15) is 0 Å². The lowest BCUT2D eigenvalue weighted by Gasteiger charge is -2.36. The highest BCUT2D eigenvalue weighted by molar-refractivity contribution is 6.74. The van der Waals surface area contributed by atoms with Gasteiger partial charge in [0, 0.05) is 5.39 Å². The molecule has 21 heavy (non-hydrogen) atoms. The predicted octanol–water partition coefficient (Wildman–Crippen LogP) is 2.90. The third kappa shape index (κ3) is 3.15. The van der Waals surface area contributed by atoms with Crippen LogP contribution in [0.4, 0.5) is 0 Å². The van der Waals surface area contributed by atoms with E-state index in [0.717, 1.165) is 16.5 Å². The summed E-state index contributed by atoms with van der Waals surface area (Å²) in [5.74, 6) is 0.821. The molecule has 0 saturated carbocycles. The standard InChI is InChI=1S/C16H23BO3Si/c1-16(2,3)21(4,5)20-15-11-10-14(17(18)19)12-8-6-7-9-13(12)15/h6-11,18-19H,1-5H3. The van der Waals surface area contributed by atoms with Gasteiger partial charge in [-0.15, -0.1) is 0 Å². The summed E-state index contributed by atoms with van der Waals surface area (Å²) >= 11 is 0. The minimum Gasteiger partial charge on any atom is -0.543 e. The van der Waals surface area contributed by atoms with Gasteiger partial charge in [-0.1, -0.05) is 51.1 Å². The van der Waals surface area contributed by atoms with Crippen molar-refractivity contribution in [3.63, 3.8) is 0 Å². The van der Waals surface area contributed by atoms with Crippen molar-refractivity contribution in [3.8, 4) is 5.75 Å². The summed E-state index contributed by atoms with van der Waals surface area (Å²) in [6, 6.07) is 11.3. The molecule has 2 N–H and O–H groups in total. The molecule has 0 fully saturated rings. The maximum absolute atomic E-state index is 9.50. The van der Waals surface area contributed by atoms with Crippen LogP contribution in [0.15, 0.2) is 36.4 Å². The number of rotatable bonds is 3. The number of benzene rings is 2. The molecular formula is C16H23BO3Si. The van der Waals surface area contributed by atoms with Crippen LogP contribution in [0, 0.1) is 0 Å². The normalized spacial score (nSPS) is 12.5. The van der Waals surface area contributed by atoms with E-state index < -0.39 is 15.4 Å². The van der Waals surface area contributed by atoms with Crippen LogP contribution >= 0.6 is 0 Å². The zero-order chi connectivity index (χ0) is 15.8. The summed E-state index contributed by atoms with van der Waals surface area (Å²) in [7, 11) is -3.41. The second-order valence-electron chi connectivity index (χ2n) is 6.93. The molecule has 3 nitrogen and oxygen atoms in total. The summed E-state index contributed by atoms with van der Waals surface area (Å²) in [6.45, 7) is 11.0. The van der Waals surface area contributed by atoms with Crippen molar-refractivity contribution in [3.05, 3.63) is 36.4 Å². The molecule has 2 rings (SSSR count). The van der Waals surface area contributed by atoms with Crippen LogP contribution in [0.25, 0.3) is 10.8 Å². The molecule has 0 aliphatic carbocycles. The molecule has 0 saturated heterocycles. The predicted molar refractivity (Wildman–Crippen MR) is 91.6 cm³/mol. The average Bonchev–Trinajstić information content (AvgIpc) is 2.37. The van der Waals surface area contributed by atoms with Crippen LogP contribution in [-0.4, -0.2) is 25.5 Å². The van der Waals surface area contributed by atoms with Gasteiger partial charge in [0.25, 0.3) is 8.32 Å². The summed E-state index contributed by atoms with van der Waals surface area (Å²) < 4.78 is 6.39. The second-order valence-corrected chi connectivity index (χ2v) is 11.7. The Bertz CT molecular complexity index is 648. The average molecular weight is 302 g/mol. The van der Waals surface area contributed by atoms with Gasteiger partial charge in [0.2, 0.25) is 0 Å². The zero-order valence-electron chi connectivity index (χ0n) is 13.3. The van der Waals surface area contributed by atoms with Crippen molar-refractivity contribution in [2.45, 2.75) is 38.9 Å². The van der Waals surface area contributed by atoms with E-state index in [4.69, 9.17) is 4.43 Å². The summed E-state index contributed by atoms with van der Waals surface area (Å²) in [6.07, 6.45) is 0. The van der Waals surface area contributed by atoms with Crippen LogP contribution in [0.1, 0.15) is 20.8 Å². The first kappa shape index (κ1) is 16.1. The fraction of sp³-hybridized carbons (Fsp3) is 0.375. The molecule has 5 heteroatoms. The highest BCUT2D eigenvalue weighted by Gasteiger charge is 2.39. The minimum absolute atomic E-state index is 0.114. The van der Waals surface area contributed by atoms with Crippen molar-refractivity contribution in [2.24, 2.45) is 0 Å². The topological polar surface area (TPSA) is 49.7 Å². The van der Waals surface area contributed by atoms with Crippen molar-refractivity contribution in [1.29, 1.82) is 0 Å². The van der Waals surface area contributed by atoms with E-state index in [0.29, 0.717) is 5.46 Å². The molecule has 0 aliphatic heterocycles. The monoisotopic (exact) mass is 302 g/mol. The third-order valence-electron chi connectivity index (χ3n) is 4.37. The van der Waals surface area contributed by atoms with E-state index >= 15 is 0 Å². The lowest BCUT2D eigenvalue weighted by Crippen LogP contribution is -2.44. The molecule has 0 amide bonds. The largest absolute Gasteiger partial charge is 0.543 e. The quantitative estimate of drug-likeness (QED) is 0.857. The minimum atomic E-state index is -1.93. The van der Waals surface area contributed by atoms with Crippen molar-refractivity contribution in [1.82, 2.24) is 0 Å². The Kier molecular flexibility index (Phi) is 4.20. The smallest absolute Gasteiger partial charge is 0.489 e. The van der Waals surface area contributed by atoms with Crippen molar-refractivity contribution in [2.75, 3.05) is 0 Å². The van der Waals surface area contributed by atoms with Gasteiger partial charge in [-0.05, 0) is 35.0 Å². The first-order valence-corrected chi connectivity index (χ1v) is 10.1. The van der Waals surface area contributed by atoms with Crippen LogP contribution in [0.3, 0.4) is 0 Å². The lowest BCUT2D eigenvalue weighted by molar-refractivity contribution is 0.426. The van der Waals surface area contributed by atoms with E-state index in [-0.39, 0.29) is 5.04 Å². The van der Waals surface area contributed by atoms with Crippen LogP contribution in [0.5, 0.6) is 5.75 Å². The van der Waals surface area contributed by atoms with Gasteiger partial charge in [0.1, 0.15) is 5.75 Å². The van der Waals surface area contributed by atoms with Gasteiger partial charge in [-0.3, -0.25) is 0 Å². The number of hydrogen-bond acceptors (Lipinski definition) is 3. The van der Waals surface area contributed by atoms with E-state index in [1.807, 2.05) is 30.3 Å². The van der Waals surface area contributed by atoms with Gasteiger partial charge >= 0.3 is 7.12 Å². The van der Waals surface area contributed by atoms with Crippen molar-refractivity contribution >= 4 is 31.7 Å². The first-order valence-electron chi connectivity index (χ1n) is 7.20. The highest BCUT2D eigenvalue weighted by atomic mass is 28.4. The van der Waals surface area contributed by atoms with Crippen LogP contribution in [-0.2, 0) is 0 Å². The molecule has 0 atom stereocenters. The molecule has 0 aromatic heterocycles. The van der Waals surface area contributed by atoms with E-state index in [2.05, 4.69) is 33.9 Å². The highest BCUT2D eigenvalue weighted by Crippen LogP contribution is 2.38. The molecule has 0 unspecified atom stereocenters. The van der Waals surface area contributed by atoms with Crippen LogP contribution < -0.4 is 9.89 Å². The van der Waals surface area contributed by atoms with E-state index in [9.17, 15) is 10.0 Å². The van der Waals surface area contributed by atoms with Crippen LogP contribution in [0.2, 0.25) is 18.1 Å². The molecule has 0 heterocycles. The fourth-order valence-corrected chi connectivity index (χ4v) is 3.07. The molecule has 0 spiro atoms. The molecule has 2 aromatic carbocycles. The Morgan fingerprint density at radius 3 is 2.05 bits per heavy atom. The maximum atomic E-state index is 9.50. The Balaban J connectivity index is 2.55. The third-order valence-corrected chi connectivity index (χ3v) is 8.71. The molecule has 112 valence electrons. The number of hydrogen-bond donors (Lipinski definition) is 2.